The van der Waals surface area contributed by atoms with Gasteiger partial charge in [-0.05, 0) is 24.2 Å². The van der Waals surface area contributed by atoms with Gasteiger partial charge in [-0.1, -0.05) is 66.7 Å². The van der Waals surface area contributed by atoms with Crippen LogP contribution >= 0.6 is 0 Å². The summed E-state index contributed by atoms with van der Waals surface area (Å²) in [7, 11) is 0. The van der Waals surface area contributed by atoms with Crippen molar-refractivity contribution in [3.63, 3.8) is 0 Å². The predicted octanol–water partition coefficient (Wildman–Crippen LogP) is 5.28. The lowest BCUT2D eigenvalue weighted by molar-refractivity contribution is 0.234. The predicted molar refractivity (Wildman–Crippen MR) is 66.5 cm³/mol. The molecule has 0 spiro atoms. The van der Waals surface area contributed by atoms with Crippen molar-refractivity contribution in [3.8, 4) is 0 Å². The summed E-state index contributed by atoms with van der Waals surface area (Å²) in [6, 6.07) is 0. The SMILES string of the molecule is CC.CC(C)CC(C)C1CCCCC1. The molecule has 1 atom stereocenters. The maximum absolute atomic E-state index is 2.45. The minimum Gasteiger partial charge on any atom is -0.0683 e. The van der Waals surface area contributed by atoms with Crippen LogP contribution in [0.3, 0.4) is 0 Å². The van der Waals surface area contributed by atoms with Crippen molar-refractivity contribution in [1.82, 2.24) is 0 Å². The Labute approximate surface area is 91.5 Å². The summed E-state index contributed by atoms with van der Waals surface area (Å²) in [4.78, 5) is 0. The van der Waals surface area contributed by atoms with Gasteiger partial charge in [0.05, 0.1) is 0 Å². The van der Waals surface area contributed by atoms with E-state index in [0.29, 0.717) is 0 Å². The molecule has 1 aliphatic carbocycles. The first-order valence-corrected chi connectivity index (χ1v) is 6.70. The fraction of sp³-hybridized carbons (Fsp3) is 1.00. The molecule has 0 aromatic rings. The summed E-state index contributed by atoms with van der Waals surface area (Å²) in [5.74, 6) is 2.92. The lowest BCUT2D eigenvalue weighted by Gasteiger charge is -2.28. The van der Waals surface area contributed by atoms with Crippen LogP contribution in [-0.2, 0) is 0 Å². The van der Waals surface area contributed by atoms with Gasteiger partial charge in [0, 0.05) is 0 Å². The van der Waals surface area contributed by atoms with Crippen molar-refractivity contribution in [2.24, 2.45) is 17.8 Å². The summed E-state index contributed by atoms with van der Waals surface area (Å²) in [6.07, 6.45) is 8.93. The Morgan fingerprint density at radius 2 is 1.43 bits per heavy atom. The molecule has 0 N–H and O–H groups in total. The largest absolute Gasteiger partial charge is 0.0683 e. The molecule has 0 heteroatoms. The highest BCUT2D eigenvalue weighted by molar-refractivity contribution is 4.71. The smallest absolute Gasteiger partial charge is 0.0388 e. The number of rotatable bonds is 3. The summed E-state index contributed by atoms with van der Waals surface area (Å²) in [5.41, 5.74) is 0. The Balaban J connectivity index is 0.000000791. The molecule has 0 bridgehead atoms. The molecule has 0 aromatic heterocycles. The van der Waals surface area contributed by atoms with Gasteiger partial charge in [0.2, 0.25) is 0 Å². The Morgan fingerprint density at radius 3 is 1.86 bits per heavy atom. The minimum atomic E-state index is 0.891. The summed E-state index contributed by atoms with van der Waals surface area (Å²) >= 11 is 0. The summed E-state index contributed by atoms with van der Waals surface area (Å²) in [6.45, 7) is 11.1. The van der Waals surface area contributed by atoms with Crippen LogP contribution < -0.4 is 0 Å². The van der Waals surface area contributed by atoms with Gasteiger partial charge in [-0.2, -0.15) is 0 Å². The standard InChI is InChI=1S/C12H24.C2H6/c1-10(2)9-11(3)12-7-5-4-6-8-12;1-2/h10-12H,4-9H2,1-3H3;1-2H3. The molecule has 0 saturated heterocycles. The zero-order valence-corrected chi connectivity index (χ0v) is 11.0. The summed E-state index contributed by atoms with van der Waals surface area (Å²) < 4.78 is 0. The minimum absolute atomic E-state index is 0.891. The molecule has 86 valence electrons. The lowest BCUT2D eigenvalue weighted by Crippen LogP contribution is -2.16. The van der Waals surface area contributed by atoms with Crippen molar-refractivity contribution >= 4 is 0 Å². The normalized spacial score (nSPS) is 20.1. The second-order valence-electron chi connectivity index (χ2n) is 5.00. The molecule has 0 nitrogen and oxygen atoms in total. The number of hydrogen-bond acceptors (Lipinski definition) is 0. The quantitative estimate of drug-likeness (QED) is 0.579. The molecular formula is C14H30. The second kappa shape index (κ2) is 8.32. The fourth-order valence-electron chi connectivity index (χ4n) is 2.64. The van der Waals surface area contributed by atoms with E-state index in [-0.39, 0.29) is 0 Å². The van der Waals surface area contributed by atoms with Crippen molar-refractivity contribution in [1.29, 1.82) is 0 Å². The zero-order valence-electron chi connectivity index (χ0n) is 11.0. The maximum Gasteiger partial charge on any atom is -0.0388 e. The molecule has 1 saturated carbocycles. The average molecular weight is 198 g/mol. The molecule has 1 aliphatic rings. The highest BCUT2D eigenvalue weighted by Gasteiger charge is 2.20. The Hall–Kier alpha value is 0. The van der Waals surface area contributed by atoms with E-state index in [9.17, 15) is 0 Å². The van der Waals surface area contributed by atoms with Crippen LogP contribution in [-0.4, -0.2) is 0 Å². The molecular weight excluding hydrogens is 168 g/mol. The van der Waals surface area contributed by atoms with Gasteiger partial charge in [-0.25, -0.2) is 0 Å². The topological polar surface area (TPSA) is 0 Å². The van der Waals surface area contributed by atoms with E-state index < -0.39 is 0 Å². The molecule has 14 heavy (non-hydrogen) atoms. The van der Waals surface area contributed by atoms with Crippen LogP contribution in [0.15, 0.2) is 0 Å². The van der Waals surface area contributed by atoms with Gasteiger partial charge >= 0.3 is 0 Å². The van der Waals surface area contributed by atoms with E-state index in [1.54, 1.807) is 0 Å². The van der Waals surface area contributed by atoms with Gasteiger partial charge in [-0.15, -0.1) is 0 Å². The molecule has 0 amide bonds. The average Bonchev–Trinajstić information content (AvgIpc) is 2.21. The van der Waals surface area contributed by atoms with E-state index in [0.717, 1.165) is 17.8 Å². The van der Waals surface area contributed by atoms with E-state index in [1.165, 1.54) is 38.5 Å². The van der Waals surface area contributed by atoms with Crippen LogP contribution in [0.5, 0.6) is 0 Å². The lowest BCUT2D eigenvalue weighted by atomic mass is 9.78. The second-order valence-corrected chi connectivity index (χ2v) is 5.00. The van der Waals surface area contributed by atoms with E-state index in [2.05, 4.69) is 20.8 Å². The highest BCUT2D eigenvalue weighted by Crippen LogP contribution is 2.32. The van der Waals surface area contributed by atoms with E-state index >= 15 is 0 Å². The molecule has 0 aromatic carbocycles. The number of hydrogen-bond donors (Lipinski definition) is 0. The maximum atomic E-state index is 2.45. The molecule has 1 unspecified atom stereocenters. The van der Waals surface area contributed by atoms with Crippen molar-refractivity contribution in [2.75, 3.05) is 0 Å². The zero-order chi connectivity index (χ0) is 11.0. The van der Waals surface area contributed by atoms with Crippen LogP contribution in [0.25, 0.3) is 0 Å². The van der Waals surface area contributed by atoms with E-state index in [4.69, 9.17) is 0 Å². The Kier molecular flexibility index (Phi) is 8.32. The van der Waals surface area contributed by atoms with Crippen molar-refractivity contribution in [3.05, 3.63) is 0 Å². The third-order valence-corrected chi connectivity index (χ3v) is 3.30. The van der Waals surface area contributed by atoms with Crippen LogP contribution in [0, 0.1) is 17.8 Å². The molecule has 0 radical (unpaired) electrons. The first-order valence-electron chi connectivity index (χ1n) is 6.70. The van der Waals surface area contributed by atoms with Crippen LogP contribution in [0.1, 0.15) is 73.1 Å². The molecule has 0 heterocycles. The highest BCUT2D eigenvalue weighted by atomic mass is 14.3. The van der Waals surface area contributed by atoms with Crippen LogP contribution in [0.4, 0.5) is 0 Å². The van der Waals surface area contributed by atoms with Gasteiger partial charge in [-0.3, -0.25) is 0 Å². The first kappa shape index (κ1) is 14.0. The third-order valence-electron chi connectivity index (χ3n) is 3.30. The van der Waals surface area contributed by atoms with Crippen molar-refractivity contribution < 1.29 is 0 Å². The Bertz CT molecular complexity index is 109. The van der Waals surface area contributed by atoms with Gasteiger partial charge in [0.15, 0.2) is 0 Å². The summed E-state index contributed by atoms with van der Waals surface area (Å²) in [5, 5.41) is 0. The first-order chi connectivity index (χ1) is 6.70. The van der Waals surface area contributed by atoms with Gasteiger partial charge in [0.1, 0.15) is 0 Å². The molecule has 1 fully saturated rings. The van der Waals surface area contributed by atoms with Crippen LogP contribution in [0.2, 0.25) is 0 Å². The van der Waals surface area contributed by atoms with Gasteiger partial charge < -0.3 is 0 Å². The monoisotopic (exact) mass is 198 g/mol. The Morgan fingerprint density at radius 1 is 0.929 bits per heavy atom. The fourth-order valence-corrected chi connectivity index (χ4v) is 2.64. The molecule has 0 aliphatic heterocycles. The van der Waals surface area contributed by atoms with Crippen molar-refractivity contribution in [2.45, 2.75) is 73.1 Å². The third kappa shape index (κ3) is 5.67. The van der Waals surface area contributed by atoms with Gasteiger partial charge in [0.25, 0.3) is 0 Å². The van der Waals surface area contributed by atoms with E-state index in [1.807, 2.05) is 13.8 Å². The molecule has 1 rings (SSSR count).